The molecule has 1 aromatic carbocycles. The van der Waals surface area contributed by atoms with Gasteiger partial charge >= 0.3 is 0 Å². The number of aryl methyl sites for hydroxylation is 2. The molecule has 1 rings (SSSR count). The molecule has 3 nitrogen and oxygen atoms in total. The molecule has 0 radical (unpaired) electrons. The first kappa shape index (κ1) is 17.9. The first-order valence-electron chi connectivity index (χ1n) is 6.50. The van der Waals surface area contributed by atoms with Crippen LogP contribution in [0.5, 0.6) is 0 Å². The minimum absolute atomic E-state index is 0. The Bertz CT molecular complexity index is 430. The number of nitrogens with one attached hydrogen (secondary N) is 1. The maximum Gasteiger partial charge on any atom is 0.240 e. The highest BCUT2D eigenvalue weighted by atomic mass is 35.5. The fourth-order valence-corrected chi connectivity index (χ4v) is 2.05. The van der Waals surface area contributed by atoms with Gasteiger partial charge in [-0.1, -0.05) is 37.1 Å². The van der Waals surface area contributed by atoms with Gasteiger partial charge in [0.1, 0.15) is 0 Å². The third-order valence-corrected chi connectivity index (χ3v) is 3.23. The predicted octanol–water partition coefficient (Wildman–Crippen LogP) is 2.86. The maximum atomic E-state index is 12.0. The average molecular weight is 285 g/mol. The van der Waals surface area contributed by atoms with Crippen molar-refractivity contribution in [2.45, 2.75) is 52.6 Å². The lowest BCUT2D eigenvalue weighted by Gasteiger charge is -2.23. The molecule has 0 saturated heterocycles. The van der Waals surface area contributed by atoms with Crippen molar-refractivity contribution in [2.75, 3.05) is 0 Å². The minimum Gasteiger partial charge on any atom is -0.350 e. The lowest BCUT2D eigenvalue weighted by Crippen LogP contribution is -2.51. The molecule has 1 unspecified atom stereocenters. The van der Waals surface area contributed by atoms with E-state index in [1.807, 2.05) is 6.92 Å². The lowest BCUT2D eigenvalue weighted by molar-refractivity contribution is -0.126. The quantitative estimate of drug-likeness (QED) is 0.873. The van der Waals surface area contributed by atoms with Crippen molar-refractivity contribution in [1.29, 1.82) is 0 Å². The van der Waals surface area contributed by atoms with Crippen LogP contribution in [-0.4, -0.2) is 11.4 Å². The lowest BCUT2D eigenvalue weighted by atomic mass is 9.96. The van der Waals surface area contributed by atoms with E-state index in [0.29, 0.717) is 13.0 Å². The molecule has 0 saturated carbocycles. The second-order valence-corrected chi connectivity index (χ2v) is 5.28. The van der Waals surface area contributed by atoms with E-state index < -0.39 is 5.54 Å². The molecule has 0 fully saturated rings. The molecular formula is C15H25ClN2O. The molecular weight excluding hydrogens is 260 g/mol. The molecule has 0 aliphatic rings. The van der Waals surface area contributed by atoms with E-state index in [1.165, 1.54) is 11.1 Å². The normalized spacial score (nSPS) is 13.3. The van der Waals surface area contributed by atoms with Crippen LogP contribution in [0.15, 0.2) is 18.2 Å². The summed E-state index contributed by atoms with van der Waals surface area (Å²) in [7, 11) is 0. The number of carbonyl (C=O) groups is 1. The summed E-state index contributed by atoms with van der Waals surface area (Å²) >= 11 is 0. The molecule has 1 aromatic rings. The van der Waals surface area contributed by atoms with Crippen LogP contribution in [0.2, 0.25) is 0 Å². The van der Waals surface area contributed by atoms with E-state index in [1.54, 1.807) is 6.92 Å². The summed E-state index contributed by atoms with van der Waals surface area (Å²) in [5.74, 6) is -0.0793. The van der Waals surface area contributed by atoms with Gasteiger partial charge < -0.3 is 11.1 Å². The van der Waals surface area contributed by atoms with Crippen molar-refractivity contribution in [3.63, 3.8) is 0 Å². The molecule has 0 spiro atoms. The Hall–Kier alpha value is -1.06. The van der Waals surface area contributed by atoms with E-state index in [4.69, 9.17) is 5.73 Å². The van der Waals surface area contributed by atoms with Crippen LogP contribution >= 0.6 is 12.4 Å². The number of rotatable bonds is 5. The van der Waals surface area contributed by atoms with Crippen molar-refractivity contribution < 1.29 is 4.79 Å². The highest BCUT2D eigenvalue weighted by Crippen LogP contribution is 2.12. The van der Waals surface area contributed by atoms with E-state index >= 15 is 0 Å². The summed E-state index contributed by atoms with van der Waals surface area (Å²) in [6, 6.07) is 6.23. The van der Waals surface area contributed by atoms with Gasteiger partial charge in [-0.3, -0.25) is 4.79 Å². The fourth-order valence-electron chi connectivity index (χ4n) is 2.05. The zero-order chi connectivity index (χ0) is 13.8. The number of hydrogen-bond acceptors (Lipinski definition) is 2. The molecule has 0 heterocycles. The van der Waals surface area contributed by atoms with Gasteiger partial charge in [-0.25, -0.2) is 0 Å². The summed E-state index contributed by atoms with van der Waals surface area (Å²) in [6.45, 7) is 8.48. The summed E-state index contributed by atoms with van der Waals surface area (Å²) in [6.07, 6.45) is 1.61. The highest BCUT2D eigenvalue weighted by Gasteiger charge is 2.26. The number of hydrogen-bond donors (Lipinski definition) is 2. The first-order valence-corrected chi connectivity index (χ1v) is 6.50. The van der Waals surface area contributed by atoms with Crippen LogP contribution in [0.25, 0.3) is 0 Å². The molecule has 0 bridgehead atoms. The number of amides is 1. The third kappa shape index (κ3) is 5.21. The SMILES string of the molecule is CCCC(C)(N)C(=O)NCc1ccc(C)cc1C.Cl. The zero-order valence-corrected chi connectivity index (χ0v) is 13.1. The Kier molecular flexibility index (Phi) is 7.09. The molecule has 4 heteroatoms. The summed E-state index contributed by atoms with van der Waals surface area (Å²) in [5, 5.41) is 2.92. The van der Waals surface area contributed by atoms with E-state index in [2.05, 4.69) is 37.4 Å². The van der Waals surface area contributed by atoms with Crippen molar-refractivity contribution in [2.24, 2.45) is 5.73 Å². The van der Waals surface area contributed by atoms with Crippen LogP contribution in [0.3, 0.4) is 0 Å². The number of benzene rings is 1. The van der Waals surface area contributed by atoms with Gasteiger partial charge in [0.2, 0.25) is 5.91 Å². The standard InChI is InChI=1S/C15H24N2O.ClH/c1-5-8-15(4,16)14(18)17-10-13-7-6-11(2)9-12(13)3;/h6-7,9H,5,8,10,16H2,1-4H3,(H,17,18);1H. The van der Waals surface area contributed by atoms with Crippen molar-refractivity contribution in [1.82, 2.24) is 5.32 Å². The Morgan fingerprint density at radius 3 is 2.53 bits per heavy atom. The van der Waals surface area contributed by atoms with Crippen LogP contribution < -0.4 is 11.1 Å². The average Bonchev–Trinajstić information content (AvgIpc) is 2.27. The molecule has 1 atom stereocenters. The van der Waals surface area contributed by atoms with E-state index in [9.17, 15) is 4.79 Å². The Morgan fingerprint density at radius 1 is 1.37 bits per heavy atom. The Labute approximate surface area is 122 Å². The molecule has 108 valence electrons. The van der Waals surface area contributed by atoms with Crippen molar-refractivity contribution >= 4 is 18.3 Å². The highest BCUT2D eigenvalue weighted by molar-refractivity contribution is 5.85. The third-order valence-electron chi connectivity index (χ3n) is 3.23. The molecule has 0 aliphatic heterocycles. The topological polar surface area (TPSA) is 55.1 Å². The number of carbonyl (C=O) groups excluding carboxylic acids is 1. The Morgan fingerprint density at radius 2 is 2.00 bits per heavy atom. The largest absolute Gasteiger partial charge is 0.350 e. The second kappa shape index (κ2) is 7.51. The van der Waals surface area contributed by atoms with Gasteiger partial charge in [0.25, 0.3) is 0 Å². The first-order chi connectivity index (χ1) is 8.36. The van der Waals surface area contributed by atoms with Gasteiger partial charge in [0, 0.05) is 6.54 Å². The zero-order valence-electron chi connectivity index (χ0n) is 12.2. The smallest absolute Gasteiger partial charge is 0.240 e. The van der Waals surface area contributed by atoms with E-state index in [0.717, 1.165) is 12.0 Å². The molecule has 0 aliphatic carbocycles. The predicted molar refractivity (Wildman–Crippen MR) is 82.5 cm³/mol. The summed E-state index contributed by atoms with van der Waals surface area (Å²) in [5.41, 5.74) is 8.79. The van der Waals surface area contributed by atoms with Gasteiger partial charge in [0.05, 0.1) is 5.54 Å². The molecule has 3 N–H and O–H groups in total. The number of nitrogens with two attached hydrogens (primary N) is 1. The summed E-state index contributed by atoms with van der Waals surface area (Å²) in [4.78, 5) is 12.0. The van der Waals surface area contributed by atoms with Crippen LogP contribution in [0.1, 0.15) is 43.4 Å². The van der Waals surface area contributed by atoms with Crippen molar-refractivity contribution in [3.05, 3.63) is 34.9 Å². The maximum absolute atomic E-state index is 12.0. The van der Waals surface area contributed by atoms with Gasteiger partial charge in [0.15, 0.2) is 0 Å². The van der Waals surface area contributed by atoms with Crippen molar-refractivity contribution in [3.8, 4) is 0 Å². The number of halogens is 1. The van der Waals surface area contributed by atoms with Gasteiger partial charge in [-0.15, -0.1) is 12.4 Å². The van der Waals surface area contributed by atoms with Crippen LogP contribution in [0.4, 0.5) is 0 Å². The Balaban J connectivity index is 0.00000324. The monoisotopic (exact) mass is 284 g/mol. The van der Waals surface area contributed by atoms with E-state index in [-0.39, 0.29) is 18.3 Å². The molecule has 1 amide bonds. The minimum atomic E-state index is -0.770. The fraction of sp³-hybridized carbons (Fsp3) is 0.533. The summed E-state index contributed by atoms with van der Waals surface area (Å²) < 4.78 is 0. The second-order valence-electron chi connectivity index (χ2n) is 5.28. The molecule has 19 heavy (non-hydrogen) atoms. The van der Waals surface area contributed by atoms with Crippen LogP contribution in [-0.2, 0) is 11.3 Å². The van der Waals surface area contributed by atoms with Gasteiger partial charge in [-0.05, 0) is 38.3 Å². The van der Waals surface area contributed by atoms with Gasteiger partial charge in [-0.2, -0.15) is 0 Å². The molecule has 0 aromatic heterocycles. The van der Waals surface area contributed by atoms with Crippen LogP contribution in [0, 0.1) is 13.8 Å².